The molecule has 134 valence electrons. The molecule has 0 spiro atoms. The molecule has 2 aromatic rings. The van der Waals surface area contributed by atoms with Gasteiger partial charge in [-0.3, -0.25) is 4.79 Å². The molecule has 1 amide bonds. The number of carbonyl (C=O) groups is 1. The highest BCUT2D eigenvalue weighted by Gasteiger charge is 2.14. The maximum Gasteiger partial charge on any atom is 0.255 e. The Labute approximate surface area is 147 Å². The van der Waals surface area contributed by atoms with Crippen LogP contribution in [0.2, 0.25) is 0 Å². The van der Waals surface area contributed by atoms with Crippen LogP contribution in [0.1, 0.15) is 24.2 Å². The molecule has 0 bridgehead atoms. The molecule has 0 fully saturated rings. The highest BCUT2D eigenvalue weighted by atomic mass is 16.5. The molecular weight excluding hydrogens is 322 g/mol. The van der Waals surface area contributed by atoms with Crippen LogP contribution in [0.3, 0.4) is 0 Å². The van der Waals surface area contributed by atoms with E-state index in [0.29, 0.717) is 28.5 Å². The number of hydrogen-bond donors (Lipinski definition) is 2. The van der Waals surface area contributed by atoms with Crippen LogP contribution < -0.4 is 19.5 Å². The number of methoxy groups -OCH3 is 2. The number of aliphatic hydroxyl groups is 1. The van der Waals surface area contributed by atoms with Crippen molar-refractivity contribution in [3.63, 3.8) is 0 Å². The zero-order valence-corrected chi connectivity index (χ0v) is 14.8. The van der Waals surface area contributed by atoms with Crippen molar-refractivity contribution < 1.29 is 24.1 Å². The van der Waals surface area contributed by atoms with E-state index >= 15 is 0 Å². The van der Waals surface area contributed by atoms with Crippen LogP contribution in [0.15, 0.2) is 42.5 Å². The van der Waals surface area contributed by atoms with Gasteiger partial charge in [-0.15, -0.1) is 0 Å². The van der Waals surface area contributed by atoms with Gasteiger partial charge in [0.2, 0.25) is 0 Å². The van der Waals surface area contributed by atoms with E-state index in [9.17, 15) is 9.90 Å². The van der Waals surface area contributed by atoms with E-state index < -0.39 is 5.60 Å². The fourth-order valence-corrected chi connectivity index (χ4v) is 2.04. The second kappa shape index (κ2) is 7.90. The molecule has 6 nitrogen and oxygen atoms in total. The fourth-order valence-electron chi connectivity index (χ4n) is 2.04. The maximum absolute atomic E-state index is 12.4. The van der Waals surface area contributed by atoms with Gasteiger partial charge < -0.3 is 24.6 Å². The molecule has 25 heavy (non-hydrogen) atoms. The van der Waals surface area contributed by atoms with Gasteiger partial charge in [0.15, 0.2) is 0 Å². The largest absolute Gasteiger partial charge is 0.497 e. The first-order valence-electron chi connectivity index (χ1n) is 7.80. The van der Waals surface area contributed by atoms with E-state index in [-0.39, 0.29) is 12.5 Å². The van der Waals surface area contributed by atoms with Crippen molar-refractivity contribution in [1.29, 1.82) is 0 Å². The summed E-state index contributed by atoms with van der Waals surface area (Å²) in [5.41, 5.74) is 0.152. The van der Waals surface area contributed by atoms with E-state index in [1.54, 1.807) is 56.3 Å². The monoisotopic (exact) mass is 345 g/mol. The van der Waals surface area contributed by atoms with Crippen LogP contribution in [0, 0.1) is 0 Å². The van der Waals surface area contributed by atoms with Crippen LogP contribution in [0.25, 0.3) is 0 Å². The summed E-state index contributed by atoms with van der Waals surface area (Å²) in [6.45, 7) is 3.52. The molecule has 0 aliphatic rings. The SMILES string of the molecule is COc1cc(OC)cc(C(=O)Nc2ccc(OCC(C)(C)O)cc2)c1. The third-order valence-corrected chi connectivity index (χ3v) is 3.32. The molecule has 0 atom stereocenters. The van der Waals surface area contributed by atoms with Gasteiger partial charge >= 0.3 is 0 Å². The average molecular weight is 345 g/mol. The Morgan fingerprint density at radius 1 is 1.00 bits per heavy atom. The van der Waals surface area contributed by atoms with Crippen molar-refractivity contribution in [1.82, 2.24) is 0 Å². The topological polar surface area (TPSA) is 77.0 Å². The first-order valence-corrected chi connectivity index (χ1v) is 7.80. The van der Waals surface area contributed by atoms with Crippen LogP contribution in [0.4, 0.5) is 5.69 Å². The van der Waals surface area contributed by atoms with Crippen molar-refractivity contribution in [3.8, 4) is 17.2 Å². The van der Waals surface area contributed by atoms with E-state index in [1.807, 2.05) is 0 Å². The number of anilines is 1. The third kappa shape index (κ3) is 5.69. The summed E-state index contributed by atoms with van der Waals surface area (Å²) in [5, 5.41) is 12.5. The molecule has 0 radical (unpaired) electrons. The normalized spacial score (nSPS) is 10.9. The smallest absolute Gasteiger partial charge is 0.255 e. The van der Waals surface area contributed by atoms with E-state index in [2.05, 4.69) is 5.32 Å². The second-order valence-corrected chi connectivity index (χ2v) is 6.18. The van der Waals surface area contributed by atoms with Crippen molar-refractivity contribution in [2.24, 2.45) is 0 Å². The molecule has 2 N–H and O–H groups in total. The van der Waals surface area contributed by atoms with Crippen molar-refractivity contribution in [2.45, 2.75) is 19.4 Å². The molecule has 0 aliphatic heterocycles. The summed E-state index contributed by atoms with van der Waals surface area (Å²) in [6.07, 6.45) is 0. The quantitative estimate of drug-likeness (QED) is 0.806. The number of nitrogens with one attached hydrogen (secondary N) is 1. The van der Waals surface area contributed by atoms with Gasteiger partial charge in [-0.1, -0.05) is 0 Å². The first-order chi connectivity index (χ1) is 11.8. The van der Waals surface area contributed by atoms with Crippen LogP contribution in [0.5, 0.6) is 17.2 Å². The van der Waals surface area contributed by atoms with Gasteiger partial charge in [-0.05, 0) is 50.2 Å². The molecule has 0 saturated carbocycles. The molecule has 0 unspecified atom stereocenters. The first kappa shape index (κ1) is 18.6. The van der Waals surface area contributed by atoms with Crippen molar-refractivity contribution in [2.75, 3.05) is 26.1 Å². The molecule has 0 saturated heterocycles. The lowest BCUT2D eigenvalue weighted by molar-refractivity contribution is 0.0285. The van der Waals surface area contributed by atoms with Crippen LogP contribution >= 0.6 is 0 Å². The Balaban J connectivity index is 2.05. The Morgan fingerprint density at radius 3 is 2.04 bits per heavy atom. The second-order valence-electron chi connectivity index (χ2n) is 6.18. The number of ether oxygens (including phenoxy) is 3. The minimum atomic E-state index is -0.904. The van der Waals surface area contributed by atoms with Gasteiger partial charge in [0.1, 0.15) is 23.9 Å². The van der Waals surface area contributed by atoms with Gasteiger partial charge in [-0.25, -0.2) is 0 Å². The summed E-state index contributed by atoms with van der Waals surface area (Å²) >= 11 is 0. The standard InChI is InChI=1S/C19H23NO5/c1-19(2,22)12-25-15-7-5-14(6-8-15)20-18(21)13-9-16(23-3)11-17(10-13)24-4/h5-11,22H,12H2,1-4H3,(H,20,21). The van der Waals surface area contributed by atoms with Crippen molar-refractivity contribution in [3.05, 3.63) is 48.0 Å². The Kier molecular flexibility index (Phi) is 5.88. The van der Waals surface area contributed by atoms with E-state index in [0.717, 1.165) is 0 Å². The summed E-state index contributed by atoms with van der Waals surface area (Å²) < 4.78 is 15.8. The summed E-state index contributed by atoms with van der Waals surface area (Å²) in [4.78, 5) is 12.4. The minimum absolute atomic E-state index is 0.183. The number of rotatable bonds is 7. The maximum atomic E-state index is 12.4. The predicted octanol–water partition coefficient (Wildman–Crippen LogP) is 3.11. The Hall–Kier alpha value is -2.73. The van der Waals surface area contributed by atoms with Crippen LogP contribution in [-0.4, -0.2) is 37.4 Å². The number of benzene rings is 2. The summed E-state index contributed by atoms with van der Waals surface area (Å²) in [5.74, 6) is 1.42. The number of amides is 1. The molecule has 0 aliphatic carbocycles. The van der Waals surface area contributed by atoms with Crippen molar-refractivity contribution >= 4 is 11.6 Å². The van der Waals surface area contributed by atoms with Gasteiger partial charge in [0.05, 0.1) is 19.8 Å². The van der Waals surface area contributed by atoms with E-state index in [1.165, 1.54) is 14.2 Å². The van der Waals surface area contributed by atoms with Gasteiger partial charge in [0, 0.05) is 17.3 Å². The van der Waals surface area contributed by atoms with E-state index in [4.69, 9.17) is 14.2 Å². The lowest BCUT2D eigenvalue weighted by atomic mass is 10.1. The predicted molar refractivity (Wildman–Crippen MR) is 95.7 cm³/mol. The lowest BCUT2D eigenvalue weighted by Crippen LogP contribution is -2.27. The van der Waals surface area contributed by atoms with Gasteiger partial charge in [0.25, 0.3) is 5.91 Å². The Bertz CT molecular complexity index is 697. The minimum Gasteiger partial charge on any atom is -0.497 e. The molecule has 6 heteroatoms. The molecule has 2 rings (SSSR count). The third-order valence-electron chi connectivity index (χ3n) is 3.32. The molecule has 2 aromatic carbocycles. The molecular formula is C19H23NO5. The highest BCUT2D eigenvalue weighted by Crippen LogP contribution is 2.24. The molecule has 0 heterocycles. The number of hydrogen-bond acceptors (Lipinski definition) is 5. The van der Waals surface area contributed by atoms with Crippen LogP contribution in [-0.2, 0) is 0 Å². The zero-order chi connectivity index (χ0) is 18.4. The zero-order valence-electron chi connectivity index (χ0n) is 14.8. The summed E-state index contributed by atoms with van der Waals surface area (Å²) in [7, 11) is 3.06. The Morgan fingerprint density at radius 2 is 1.56 bits per heavy atom. The average Bonchev–Trinajstić information content (AvgIpc) is 2.59. The lowest BCUT2D eigenvalue weighted by Gasteiger charge is -2.17. The fraction of sp³-hybridized carbons (Fsp3) is 0.316. The number of carbonyl (C=O) groups excluding carboxylic acids is 1. The summed E-state index contributed by atoms with van der Waals surface area (Å²) in [6, 6.07) is 11.9. The molecule has 0 aromatic heterocycles. The highest BCUT2D eigenvalue weighted by molar-refractivity contribution is 6.04. The van der Waals surface area contributed by atoms with Gasteiger partial charge in [-0.2, -0.15) is 0 Å².